The molecule has 0 atom stereocenters. The predicted octanol–water partition coefficient (Wildman–Crippen LogP) is 6.32. The molecule has 1 aliphatic heterocycles. The van der Waals surface area contributed by atoms with Crippen LogP contribution in [-0.2, 0) is 18.0 Å². The second kappa shape index (κ2) is 8.38. The normalized spacial score (nSPS) is 13.0. The first kappa shape index (κ1) is 20.1. The van der Waals surface area contributed by atoms with E-state index in [0.717, 1.165) is 26.9 Å². The zero-order valence-electron chi connectivity index (χ0n) is 16.2. The van der Waals surface area contributed by atoms with Crippen LogP contribution in [0.2, 0.25) is 5.02 Å². The van der Waals surface area contributed by atoms with E-state index < -0.39 is 0 Å². The van der Waals surface area contributed by atoms with Crippen molar-refractivity contribution in [3.05, 3.63) is 91.7 Å². The molecule has 1 aliphatic rings. The molecule has 0 radical (unpaired) electrons. The summed E-state index contributed by atoms with van der Waals surface area (Å²) in [6.45, 7) is 1.03. The quantitative estimate of drug-likeness (QED) is 0.329. The Morgan fingerprint density at radius 3 is 2.74 bits per heavy atom. The summed E-state index contributed by atoms with van der Waals surface area (Å²) in [5, 5.41) is 1.10. The fourth-order valence-electron chi connectivity index (χ4n) is 3.55. The van der Waals surface area contributed by atoms with Crippen molar-refractivity contribution < 1.29 is 18.6 Å². The summed E-state index contributed by atoms with van der Waals surface area (Å²) in [7, 11) is 0. The summed E-state index contributed by atoms with van der Waals surface area (Å²) in [6, 6.07) is 16.2. The number of rotatable bonds is 4. The maximum Gasteiger partial charge on any atom is 0.200 e. The van der Waals surface area contributed by atoms with E-state index in [9.17, 15) is 4.79 Å². The molecule has 156 valence electrons. The van der Waals surface area contributed by atoms with Crippen LogP contribution in [0.25, 0.3) is 22.1 Å². The summed E-state index contributed by atoms with van der Waals surface area (Å²) in [6.07, 6.45) is 1.47. The number of halogens is 2. The van der Waals surface area contributed by atoms with Gasteiger partial charge in [0.05, 0.1) is 17.6 Å². The lowest BCUT2D eigenvalue weighted by molar-refractivity contribution is -0.0176. The largest absolute Gasteiger partial charge is 0.489 e. The predicted molar refractivity (Wildman–Crippen MR) is 122 cm³/mol. The van der Waals surface area contributed by atoms with E-state index in [0.29, 0.717) is 40.5 Å². The third-order valence-corrected chi connectivity index (χ3v) is 5.76. The van der Waals surface area contributed by atoms with E-state index in [2.05, 4.69) is 15.9 Å². The lowest BCUT2D eigenvalue weighted by atomic mass is 10.1. The van der Waals surface area contributed by atoms with E-state index in [-0.39, 0.29) is 12.2 Å². The lowest BCUT2D eigenvalue weighted by Gasteiger charge is -2.21. The zero-order chi connectivity index (χ0) is 21.4. The molecule has 0 saturated heterocycles. The minimum atomic E-state index is -0.107. The molecule has 3 aromatic carbocycles. The fraction of sp³-hybridized carbons (Fsp3) is 0.125. The Kier molecular flexibility index (Phi) is 5.44. The van der Waals surface area contributed by atoms with Gasteiger partial charge in [-0.25, -0.2) is 0 Å². The van der Waals surface area contributed by atoms with Crippen LogP contribution in [0, 0.1) is 0 Å². The minimum absolute atomic E-state index is 0.107. The van der Waals surface area contributed by atoms with Crippen LogP contribution in [0.5, 0.6) is 11.5 Å². The van der Waals surface area contributed by atoms with Gasteiger partial charge in [0, 0.05) is 26.7 Å². The van der Waals surface area contributed by atoms with Crippen molar-refractivity contribution in [1.82, 2.24) is 0 Å². The lowest BCUT2D eigenvalue weighted by Crippen LogP contribution is -2.14. The second-order valence-electron chi connectivity index (χ2n) is 7.10. The molecule has 1 aromatic heterocycles. The summed E-state index contributed by atoms with van der Waals surface area (Å²) >= 11 is 9.46. The van der Waals surface area contributed by atoms with Crippen molar-refractivity contribution in [2.24, 2.45) is 0 Å². The van der Waals surface area contributed by atoms with Crippen LogP contribution in [0.3, 0.4) is 0 Å². The summed E-state index contributed by atoms with van der Waals surface area (Å²) in [4.78, 5) is 12.9. The maximum atomic E-state index is 12.9. The van der Waals surface area contributed by atoms with E-state index in [1.54, 1.807) is 42.5 Å². The number of hydrogen-bond acceptors (Lipinski definition) is 5. The van der Waals surface area contributed by atoms with Crippen molar-refractivity contribution >= 4 is 38.5 Å². The SMILES string of the molecule is O=c1c(-c2ccc(Cl)cc2)coc2cc(OCc3cc(Br)cc4c3OCOC4)ccc12. The van der Waals surface area contributed by atoms with Gasteiger partial charge in [0.1, 0.15) is 30.0 Å². The summed E-state index contributed by atoms with van der Waals surface area (Å²) in [5.74, 6) is 1.38. The molecular formula is C24H16BrClO5. The van der Waals surface area contributed by atoms with Gasteiger partial charge in [-0.2, -0.15) is 0 Å². The van der Waals surface area contributed by atoms with Gasteiger partial charge in [-0.05, 0) is 42.0 Å². The Morgan fingerprint density at radius 1 is 1.06 bits per heavy atom. The van der Waals surface area contributed by atoms with Crippen LogP contribution < -0.4 is 14.9 Å². The van der Waals surface area contributed by atoms with Crippen molar-refractivity contribution in [3.8, 4) is 22.6 Å². The summed E-state index contributed by atoms with van der Waals surface area (Å²) < 4.78 is 23.6. The van der Waals surface area contributed by atoms with Crippen molar-refractivity contribution in [1.29, 1.82) is 0 Å². The van der Waals surface area contributed by atoms with E-state index >= 15 is 0 Å². The van der Waals surface area contributed by atoms with Gasteiger partial charge in [-0.3, -0.25) is 4.79 Å². The number of hydrogen-bond donors (Lipinski definition) is 0. The van der Waals surface area contributed by atoms with Crippen LogP contribution in [-0.4, -0.2) is 6.79 Å². The summed E-state index contributed by atoms with van der Waals surface area (Å²) in [5.41, 5.74) is 3.47. The van der Waals surface area contributed by atoms with E-state index in [4.69, 9.17) is 30.2 Å². The van der Waals surface area contributed by atoms with Crippen LogP contribution in [0.15, 0.2) is 74.5 Å². The van der Waals surface area contributed by atoms with Crippen molar-refractivity contribution in [2.45, 2.75) is 13.2 Å². The molecule has 7 heteroatoms. The van der Waals surface area contributed by atoms with Gasteiger partial charge in [-0.1, -0.05) is 39.7 Å². The van der Waals surface area contributed by atoms with Crippen molar-refractivity contribution in [2.75, 3.05) is 6.79 Å². The Morgan fingerprint density at radius 2 is 1.90 bits per heavy atom. The monoisotopic (exact) mass is 498 g/mol. The average molecular weight is 500 g/mol. The Balaban J connectivity index is 1.42. The van der Waals surface area contributed by atoms with Gasteiger partial charge >= 0.3 is 0 Å². The highest BCUT2D eigenvalue weighted by Crippen LogP contribution is 2.33. The Labute approximate surface area is 191 Å². The van der Waals surface area contributed by atoms with E-state index in [1.165, 1.54) is 6.26 Å². The smallest absolute Gasteiger partial charge is 0.200 e. The minimum Gasteiger partial charge on any atom is -0.489 e. The molecular weight excluding hydrogens is 484 g/mol. The highest BCUT2D eigenvalue weighted by Gasteiger charge is 2.17. The zero-order valence-corrected chi connectivity index (χ0v) is 18.5. The molecule has 0 saturated carbocycles. The first-order chi connectivity index (χ1) is 15.1. The van der Waals surface area contributed by atoms with Gasteiger partial charge < -0.3 is 18.6 Å². The number of ether oxygens (including phenoxy) is 3. The van der Waals surface area contributed by atoms with Gasteiger partial charge in [0.15, 0.2) is 12.2 Å². The topological polar surface area (TPSA) is 57.9 Å². The third-order valence-electron chi connectivity index (χ3n) is 5.05. The third kappa shape index (κ3) is 4.06. The average Bonchev–Trinajstić information content (AvgIpc) is 2.78. The van der Waals surface area contributed by atoms with Gasteiger partial charge in [-0.15, -0.1) is 0 Å². The molecule has 5 nitrogen and oxygen atoms in total. The molecule has 4 aromatic rings. The molecule has 2 heterocycles. The molecule has 0 fully saturated rings. The molecule has 0 amide bonds. The first-order valence-corrected chi connectivity index (χ1v) is 10.7. The van der Waals surface area contributed by atoms with Crippen LogP contribution >= 0.6 is 27.5 Å². The van der Waals surface area contributed by atoms with Crippen LogP contribution in [0.1, 0.15) is 11.1 Å². The highest BCUT2D eigenvalue weighted by molar-refractivity contribution is 9.10. The highest BCUT2D eigenvalue weighted by atomic mass is 79.9. The van der Waals surface area contributed by atoms with Crippen LogP contribution in [0.4, 0.5) is 0 Å². The second-order valence-corrected chi connectivity index (χ2v) is 8.45. The fourth-order valence-corrected chi connectivity index (χ4v) is 4.23. The first-order valence-electron chi connectivity index (χ1n) is 9.54. The van der Waals surface area contributed by atoms with Crippen molar-refractivity contribution in [3.63, 3.8) is 0 Å². The van der Waals surface area contributed by atoms with Gasteiger partial charge in [0.2, 0.25) is 0 Å². The number of fused-ring (bicyclic) bond motifs is 2. The molecule has 0 N–H and O–H groups in total. The molecule has 0 unspecified atom stereocenters. The Bertz CT molecular complexity index is 1330. The number of benzene rings is 3. The molecule has 31 heavy (non-hydrogen) atoms. The molecule has 0 aliphatic carbocycles. The molecule has 0 bridgehead atoms. The van der Waals surface area contributed by atoms with Gasteiger partial charge in [0.25, 0.3) is 0 Å². The standard InChI is InChI=1S/C24H16BrClO5/c25-17-7-15-10-28-13-31-24(15)16(8-17)11-29-19-5-6-20-22(9-19)30-12-21(23(20)27)14-1-3-18(26)4-2-14/h1-9,12H,10-11,13H2. The Hall–Kier alpha value is -2.80. The molecule has 5 rings (SSSR count). The maximum absolute atomic E-state index is 12.9. The molecule has 0 spiro atoms. The van der Waals surface area contributed by atoms with E-state index in [1.807, 2.05) is 12.1 Å².